The lowest BCUT2D eigenvalue weighted by molar-refractivity contribution is 0.746. The monoisotopic (exact) mass is 242 g/mol. The molecule has 0 aliphatic rings. The third-order valence-corrected chi connectivity index (χ3v) is 2.95. The van der Waals surface area contributed by atoms with Gasteiger partial charge in [-0.15, -0.1) is 0 Å². The number of rotatable bonds is 5. The van der Waals surface area contributed by atoms with Crippen molar-refractivity contribution < 1.29 is 0 Å². The largest absolute Gasteiger partial charge is 0.347 e. The van der Waals surface area contributed by atoms with Crippen LogP contribution >= 0.6 is 11.8 Å². The maximum Gasteiger partial charge on any atom is 0.242 e. The molecule has 0 unspecified atom stereocenters. The van der Waals surface area contributed by atoms with E-state index in [9.17, 15) is 0 Å². The van der Waals surface area contributed by atoms with E-state index in [1.807, 2.05) is 19.0 Å². The number of aromatic nitrogens is 3. The normalized spacial score (nSPS) is 10.6. The molecule has 0 spiro atoms. The molecule has 6 nitrogen and oxygen atoms in total. The average molecular weight is 242 g/mol. The summed E-state index contributed by atoms with van der Waals surface area (Å²) in [5, 5.41) is 0.695. The fourth-order valence-corrected chi connectivity index (χ4v) is 1.70. The highest BCUT2D eigenvalue weighted by atomic mass is 32.2. The number of nitrogens with one attached hydrogen (secondary N) is 1. The van der Waals surface area contributed by atoms with Crippen molar-refractivity contribution in [2.24, 2.45) is 11.8 Å². The van der Waals surface area contributed by atoms with E-state index in [0.29, 0.717) is 23.0 Å². The number of nitrogen functional groups attached to an aromatic ring is 1. The number of hydrazine groups is 1. The summed E-state index contributed by atoms with van der Waals surface area (Å²) in [7, 11) is 3.76. The molecule has 1 aromatic heterocycles. The molecule has 0 aromatic carbocycles. The highest BCUT2D eigenvalue weighted by molar-refractivity contribution is 7.99. The number of thioether (sulfide) groups is 1. The van der Waals surface area contributed by atoms with E-state index in [2.05, 4.69) is 34.2 Å². The molecule has 0 fully saturated rings. The Bertz CT molecular complexity index is 341. The van der Waals surface area contributed by atoms with Gasteiger partial charge >= 0.3 is 0 Å². The predicted molar refractivity (Wildman–Crippen MR) is 67.5 cm³/mol. The van der Waals surface area contributed by atoms with Gasteiger partial charge in [0.15, 0.2) is 5.16 Å². The summed E-state index contributed by atoms with van der Waals surface area (Å²) in [6.07, 6.45) is 0. The third-order valence-electron chi connectivity index (χ3n) is 1.68. The van der Waals surface area contributed by atoms with Gasteiger partial charge in [-0.2, -0.15) is 15.0 Å². The van der Waals surface area contributed by atoms with E-state index < -0.39 is 0 Å². The fraction of sp³-hybridized carbons (Fsp3) is 0.667. The molecule has 7 heteroatoms. The first-order valence-electron chi connectivity index (χ1n) is 5.05. The molecule has 1 heterocycles. The van der Waals surface area contributed by atoms with Gasteiger partial charge in [-0.3, -0.25) is 5.43 Å². The van der Waals surface area contributed by atoms with Crippen LogP contribution in [0.4, 0.5) is 11.9 Å². The van der Waals surface area contributed by atoms with Gasteiger partial charge in [0.1, 0.15) is 0 Å². The molecule has 1 rings (SSSR count). The Morgan fingerprint density at radius 3 is 2.50 bits per heavy atom. The summed E-state index contributed by atoms with van der Waals surface area (Å²) < 4.78 is 0. The number of anilines is 2. The lowest BCUT2D eigenvalue weighted by Crippen LogP contribution is -2.18. The molecule has 16 heavy (non-hydrogen) atoms. The van der Waals surface area contributed by atoms with E-state index in [1.165, 1.54) is 0 Å². The Balaban J connectivity index is 2.86. The fourth-order valence-electron chi connectivity index (χ4n) is 0.916. The zero-order valence-electron chi connectivity index (χ0n) is 10.1. The van der Waals surface area contributed by atoms with Crippen molar-refractivity contribution in [2.45, 2.75) is 19.0 Å². The van der Waals surface area contributed by atoms with Crippen molar-refractivity contribution in [1.29, 1.82) is 0 Å². The maximum absolute atomic E-state index is 5.31. The van der Waals surface area contributed by atoms with Crippen molar-refractivity contribution in [3.8, 4) is 0 Å². The first-order valence-corrected chi connectivity index (χ1v) is 6.04. The standard InChI is InChI=1S/C9H18N6S/c1-6(2)5-16-9-12-7(14-10)11-8(13-9)15(3)4/h6H,5,10H2,1-4H3,(H,11,12,13,14). The molecular weight excluding hydrogens is 224 g/mol. The van der Waals surface area contributed by atoms with Crippen LogP contribution < -0.4 is 16.2 Å². The van der Waals surface area contributed by atoms with Crippen LogP contribution in [0.2, 0.25) is 0 Å². The highest BCUT2D eigenvalue weighted by Gasteiger charge is 2.08. The van der Waals surface area contributed by atoms with Crippen LogP contribution in [0.3, 0.4) is 0 Å². The number of hydrogen-bond acceptors (Lipinski definition) is 7. The molecular formula is C9H18N6S. The lowest BCUT2D eigenvalue weighted by Gasteiger charge is -2.12. The second kappa shape index (κ2) is 5.86. The number of nitrogens with two attached hydrogens (primary N) is 1. The topological polar surface area (TPSA) is 80.0 Å². The summed E-state index contributed by atoms with van der Waals surface area (Å²) in [5.41, 5.74) is 2.45. The summed E-state index contributed by atoms with van der Waals surface area (Å²) >= 11 is 1.61. The molecule has 0 aliphatic heterocycles. The smallest absolute Gasteiger partial charge is 0.242 e. The minimum atomic E-state index is 0.393. The SMILES string of the molecule is CC(C)CSc1nc(NN)nc(N(C)C)n1. The van der Waals surface area contributed by atoms with E-state index in [4.69, 9.17) is 5.84 Å². The van der Waals surface area contributed by atoms with Gasteiger partial charge in [0.05, 0.1) is 0 Å². The molecule has 0 atom stereocenters. The number of hydrogen-bond donors (Lipinski definition) is 2. The Hall–Kier alpha value is -1.08. The Kier molecular flexibility index (Phi) is 4.75. The molecule has 90 valence electrons. The van der Waals surface area contributed by atoms with Crippen molar-refractivity contribution in [3.05, 3.63) is 0 Å². The van der Waals surface area contributed by atoms with Gasteiger partial charge in [-0.05, 0) is 5.92 Å². The van der Waals surface area contributed by atoms with Gasteiger partial charge in [-0.1, -0.05) is 25.6 Å². The molecule has 3 N–H and O–H groups in total. The van der Waals surface area contributed by atoms with Crippen molar-refractivity contribution >= 4 is 23.7 Å². The first-order chi connectivity index (χ1) is 7.52. The molecule has 0 aliphatic carbocycles. The minimum Gasteiger partial charge on any atom is -0.347 e. The van der Waals surface area contributed by atoms with Crippen molar-refractivity contribution in [2.75, 3.05) is 30.2 Å². The zero-order chi connectivity index (χ0) is 12.1. The summed E-state index contributed by atoms with van der Waals surface area (Å²) in [6, 6.07) is 0. The van der Waals surface area contributed by atoms with E-state index >= 15 is 0 Å². The van der Waals surface area contributed by atoms with Crippen LogP contribution in [0.5, 0.6) is 0 Å². The van der Waals surface area contributed by atoms with Crippen LogP contribution in [0.1, 0.15) is 13.8 Å². The second-order valence-electron chi connectivity index (χ2n) is 3.99. The second-order valence-corrected chi connectivity index (χ2v) is 4.97. The predicted octanol–water partition coefficient (Wildman–Crippen LogP) is 0.971. The molecule has 1 aromatic rings. The van der Waals surface area contributed by atoms with Gasteiger partial charge < -0.3 is 4.90 Å². The van der Waals surface area contributed by atoms with Crippen LogP contribution in [-0.4, -0.2) is 34.8 Å². The van der Waals surface area contributed by atoms with Crippen molar-refractivity contribution in [3.63, 3.8) is 0 Å². The molecule has 0 amide bonds. The van der Waals surface area contributed by atoms with Crippen molar-refractivity contribution in [1.82, 2.24) is 15.0 Å². The average Bonchev–Trinajstić information content (AvgIpc) is 2.25. The zero-order valence-corrected chi connectivity index (χ0v) is 10.9. The van der Waals surface area contributed by atoms with Gasteiger partial charge in [0.2, 0.25) is 11.9 Å². The third kappa shape index (κ3) is 3.82. The summed E-state index contributed by atoms with van der Waals surface area (Å²) in [6.45, 7) is 4.31. The lowest BCUT2D eigenvalue weighted by atomic mass is 10.3. The Morgan fingerprint density at radius 2 is 2.00 bits per heavy atom. The van der Waals surface area contributed by atoms with Gasteiger partial charge in [-0.25, -0.2) is 5.84 Å². The Morgan fingerprint density at radius 1 is 1.31 bits per heavy atom. The van der Waals surface area contributed by atoms with Gasteiger partial charge in [0.25, 0.3) is 0 Å². The molecule has 0 saturated heterocycles. The van der Waals surface area contributed by atoms with Crippen LogP contribution in [0, 0.1) is 5.92 Å². The summed E-state index contributed by atoms with van der Waals surface area (Å²) in [4.78, 5) is 14.5. The number of nitrogens with zero attached hydrogens (tertiary/aromatic N) is 4. The summed E-state index contributed by atoms with van der Waals surface area (Å²) in [5.74, 6) is 7.88. The van der Waals surface area contributed by atoms with Gasteiger partial charge in [0, 0.05) is 19.8 Å². The van der Waals surface area contributed by atoms with Crippen LogP contribution in [-0.2, 0) is 0 Å². The maximum atomic E-state index is 5.31. The van der Waals surface area contributed by atoms with E-state index in [0.717, 1.165) is 5.75 Å². The highest BCUT2D eigenvalue weighted by Crippen LogP contribution is 2.19. The van der Waals surface area contributed by atoms with Crippen LogP contribution in [0.15, 0.2) is 5.16 Å². The van der Waals surface area contributed by atoms with E-state index in [1.54, 1.807) is 11.8 Å². The quantitative estimate of drug-likeness (QED) is 0.452. The Labute approximate surface area is 100 Å². The molecule has 0 radical (unpaired) electrons. The van der Waals surface area contributed by atoms with E-state index in [-0.39, 0.29) is 0 Å². The molecule has 0 bridgehead atoms. The molecule has 0 saturated carbocycles. The van der Waals surface area contributed by atoms with Crippen LogP contribution in [0.25, 0.3) is 0 Å². The first kappa shape index (κ1) is 13.0. The minimum absolute atomic E-state index is 0.393.